The lowest BCUT2D eigenvalue weighted by Crippen LogP contribution is -2.40. The number of carbonyl (C=O) groups excluding carboxylic acids is 1. The molecule has 0 unspecified atom stereocenters. The van der Waals surface area contributed by atoms with Gasteiger partial charge in [-0.25, -0.2) is 8.42 Å². The molecule has 0 bridgehead atoms. The number of carbonyl (C=O) groups is 1. The zero-order valence-electron chi connectivity index (χ0n) is 19.8. The van der Waals surface area contributed by atoms with Crippen LogP contribution in [-0.2, 0) is 26.0 Å². The van der Waals surface area contributed by atoms with Crippen LogP contribution in [0.2, 0.25) is 0 Å². The molecule has 0 radical (unpaired) electrons. The third-order valence-corrected chi connectivity index (χ3v) is 8.24. The first kappa shape index (κ1) is 25.1. The Hall–Kier alpha value is -3.00. The fourth-order valence-corrected chi connectivity index (χ4v) is 5.77. The number of hydrogen-bond acceptors (Lipinski definition) is 4. The first-order chi connectivity index (χ1) is 17.0. The van der Waals surface area contributed by atoms with Crippen molar-refractivity contribution < 1.29 is 17.9 Å². The zero-order chi connectivity index (χ0) is 24.5. The Balaban J connectivity index is 1.27. The Kier molecular flexibility index (Phi) is 8.69. The number of ether oxygens (including phenoxy) is 1. The van der Waals surface area contributed by atoms with Gasteiger partial charge in [0, 0.05) is 32.0 Å². The SMILES string of the molecule is O=C(CCc1ccc(S(=O)(=O)N2CCOCC2)cc1)NCCC(c1ccccc1)c1ccccc1. The van der Waals surface area contributed by atoms with Crippen molar-refractivity contribution in [1.82, 2.24) is 9.62 Å². The second-order valence-corrected chi connectivity index (χ2v) is 10.6. The molecule has 0 aliphatic carbocycles. The highest BCUT2D eigenvalue weighted by molar-refractivity contribution is 7.89. The average Bonchev–Trinajstić information content (AvgIpc) is 2.91. The van der Waals surface area contributed by atoms with Crippen molar-refractivity contribution in [1.29, 1.82) is 0 Å². The van der Waals surface area contributed by atoms with E-state index >= 15 is 0 Å². The molecule has 0 spiro atoms. The topological polar surface area (TPSA) is 75.7 Å². The average molecular weight is 493 g/mol. The summed E-state index contributed by atoms with van der Waals surface area (Å²) in [7, 11) is -3.50. The fourth-order valence-electron chi connectivity index (χ4n) is 4.36. The van der Waals surface area contributed by atoms with E-state index in [0.717, 1.165) is 12.0 Å². The summed E-state index contributed by atoms with van der Waals surface area (Å²) in [6.45, 7) is 2.18. The van der Waals surface area contributed by atoms with Gasteiger partial charge < -0.3 is 10.1 Å². The van der Waals surface area contributed by atoms with Crippen LogP contribution < -0.4 is 5.32 Å². The molecule has 35 heavy (non-hydrogen) atoms. The maximum atomic E-state index is 12.7. The number of rotatable bonds is 10. The Morgan fingerprint density at radius 1 is 0.857 bits per heavy atom. The minimum Gasteiger partial charge on any atom is -0.379 e. The highest BCUT2D eigenvalue weighted by Gasteiger charge is 2.26. The van der Waals surface area contributed by atoms with Gasteiger partial charge in [-0.05, 0) is 41.7 Å². The molecule has 1 aliphatic rings. The quantitative estimate of drug-likeness (QED) is 0.465. The van der Waals surface area contributed by atoms with E-state index in [4.69, 9.17) is 4.74 Å². The van der Waals surface area contributed by atoms with Gasteiger partial charge in [0.2, 0.25) is 15.9 Å². The van der Waals surface area contributed by atoms with E-state index < -0.39 is 10.0 Å². The maximum absolute atomic E-state index is 12.7. The summed E-state index contributed by atoms with van der Waals surface area (Å²) >= 11 is 0. The van der Waals surface area contributed by atoms with Gasteiger partial charge in [-0.2, -0.15) is 4.31 Å². The molecule has 1 amide bonds. The van der Waals surface area contributed by atoms with Crippen LogP contribution in [0, 0.1) is 0 Å². The largest absolute Gasteiger partial charge is 0.379 e. The molecule has 0 saturated carbocycles. The molecule has 1 N–H and O–H groups in total. The number of benzene rings is 3. The van der Waals surface area contributed by atoms with Crippen molar-refractivity contribution in [3.63, 3.8) is 0 Å². The molecule has 7 heteroatoms. The Bertz CT molecular complexity index is 1140. The van der Waals surface area contributed by atoms with Crippen LogP contribution in [0.15, 0.2) is 89.8 Å². The van der Waals surface area contributed by atoms with Crippen LogP contribution in [0.5, 0.6) is 0 Å². The summed E-state index contributed by atoms with van der Waals surface area (Å²) in [4.78, 5) is 12.8. The molecule has 3 aromatic carbocycles. The van der Waals surface area contributed by atoms with E-state index in [9.17, 15) is 13.2 Å². The third-order valence-electron chi connectivity index (χ3n) is 6.33. The summed E-state index contributed by atoms with van der Waals surface area (Å²) in [5.74, 6) is 0.216. The van der Waals surface area contributed by atoms with E-state index in [1.54, 1.807) is 24.3 Å². The number of amides is 1. The number of aryl methyl sites for hydroxylation is 1. The molecule has 1 aliphatic heterocycles. The smallest absolute Gasteiger partial charge is 0.243 e. The van der Waals surface area contributed by atoms with Gasteiger partial charge in [0.25, 0.3) is 0 Å². The van der Waals surface area contributed by atoms with Gasteiger partial charge in [0.1, 0.15) is 0 Å². The van der Waals surface area contributed by atoms with Crippen molar-refractivity contribution in [2.45, 2.75) is 30.1 Å². The summed E-state index contributed by atoms with van der Waals surface area (Å²) in [6.07, 6.45) is 1.73. The number of nitrogens with zero attached hydrogens (tertiary/aromatic N) is 1. The Morgan fingerprint density at radius 2 is 1.43 bits per heavy atom. The van der Waals surface area contributed by atoms with Gasteiger partial charge in [0.15, 0.2) is 0 Å². The monoisotopic (exact) mass is 492 g/mol. The lowest BCUT2D eigenvalue weighted by atomic mass is 9.88. The lowest BCUT2D eigenvalue weighted by molar-refractivity contribution is -0.121. The molecular weight excluding hydrogens is 460 g/mol. The molecule has 1 heterocycles. The predicted molar refractivity (Wildman–Crippen MR) is 137 cm³/mol. The van der Waals surface area contributed by atoms with Crippen molar-refractivity contribution in [3.05, 3.63) is 102 Å². The van der Waals surface area contributed by atoms with E-state index in [-0.39, 0.29) is 16.7 Å². The van der Waals surface area contributed by atoms with Gasteiger partial charge >= 0.3 is 0 Å². The summed E-state index contributed by atoms with van der Waals surface area (Å²) in [5, 5.41) is 3.05. The number of hydrogen-bond donors (Lipinski definition) is 1. The molecule has 1 saturated heterocycles. The summed E-state index contributed by atoms with van der Waals surface area (Å²) in [6, 6.07) is 27.5. The third kappa shape index (κ3) is 6.78. The number of morpholine rings is 1. The first-order valence-corrected chi connectivity index (χ1v) is 13.5. The van der Waals surface area contributed by atoms with Crippen LogP contribution in [0.25, 0.3) is 0 Å². The van der Waals surface area contributed by atoms with E-state index in [1.807, 2.05) is 36.4 Å². The van der Waals surface area contributed by atoms with Crippen LogP contribution in [0.3, 0.4) is 0 Å². The van der Waals surface area contributed by atoms with Crippen molar-refractivity contribution in [2.75, 3.05) is 32.8 Å². The van der Waals surface area contributed by atoms with Gasteiger partial charge in [-0.1, -0.05) is 72.8 Å². The maximum Gasteiger partial charge on any atom is 0.243 e. The molecule has 3 aromatic rings. The second kappa shape index (κ2) is 12.1. The molecule has 4 rings (SSSR count). The second-order valence-electron chi connectivity index (χ2n) is 8.67. The van der Waals surface area contributed by atoms with E-state index in [1.165, 1.54) is 15.4 Å². The van der Waals surface area contributed by atoms with Crippen molar-refractivity contribution in [3.8, 4) is 0 Å². The predicted octanol–water partition coefficient (Wildman–Crippen LogP) is 3.98. The fraction of sp³-hybridized carbons (Fsp3) is 0.321. The molecular formula is C28H32N2O4S. The van der Waals surface area contributed by atoms with Crippen molar-refractivity contribution >= 4 is 15.9 Å². The van der Waals surface area contributed by atoms with E-state index in [0.29, 0.717) is 45.7 Å². The normalized spacial score (nSPS) is 14.7. The van der Waals surface area contributed by atoms with E-state index in [2.05, 4.69) is 29.6 Å². The Labute approximate surface area is 208 Å². The Morgan fingerprint density at radius 3 is 2.00 bits per heavy atom. The van der Waals surface area contributed by atoms with Crippen LogP contribution in [-0.4, -0.2) is 51.5 Å². The summed E-state index contributed by atoms with van der Waals surface area (Å²) in [5.41, 5.74) is 3.41. The molecule has 6 nitrogen and oxygen atoms in total. The van der Waals surface area contributed by atoms with Gasteiger partial charge in [-0.3, -0.25) is 4.79 Å². The van der Waals surface area contributed by atoms with Crippen LogP contribution >= 0.6 is 0 Å². The minimum atomic E-state index is -3.50. The van der Waals surface area contributed by atoms with Crippen molar-refractivity contribution in [2.24, 2.45) is 0 Å². The number of nitrogens with one attached hydrogen (secondary N) is 1. The molecule has 1 fully saturated rings. The standard InChI is InChI=1S/C28H32N2O4S/c31-28(29-18-17-27(24-7-3-1-4-8-24)25-9-5-2-6-10-25)16-13-23-11-14-26(15-12-23)35(32,33)30-19-21-34-22-20-30/h1-12,14-15,27H,13,16-22H2,(H,29,31). The minimum absolute atomic E-state index is 0.00473. The molecule has 0 aromatic heterocycles. The molecule has 0 atom stereocenters. The van der Waals surface area contributed by atoms with Gasteiger partial charge in [-0.15, -0.1) is 0 Å². The number of sulfonamides is 1. The lowest BCUT2D eigenvalue weighted by Gasteiger charge is -2.26. The van der Waals surface area contributed by atoms with Crippen LogP contribution in [0.4, 0.5) is 0 Å². The summed E-state index contributed by atoms with van der Waals surface area (Å²) < 4.78 is 32.2. The highest BCUT2D eigenvalue weighted by atomic mass is 32.2. The van der Waals surface area contributed by atoms with Crippen LogP contribution in [0.1, 0.15) is 35.4 Å². The zero-order valence-corrected chi connectivity index (χ0v) is 20.6. The molecule has 184 valence electrons. The first-order valence-electron chi connectivity index (χ1n) is 12.1. The highest BCUT2D eigenvalue weighted by Crippen LogP contribution is 2.27. The van der Waals surface area contributed by atoms with Gasteiger partial charge in [0.05, 0.1) is 18.1 Å².